The van der Waals surface area contributed by atoms with Crippen LogP contribution in [0.4, 0.5) is 24.7 Å². The van der Waals surface area contributed by atoms with E-state index in [2.05, 4.69) is 20.4 Å². The van der Waals surface area contributed by atoms with E-state index in [9.17, 15) is 13.2 Å². The molecule has 0 atom stereocenters. The molecule has 0 unspecified atom stereocenters. The summed E-state index contributed by atoms with van der Waals surface area (Å²) in [5.41, 5.74) is -0.523. The number of hydrogen-bond donors (Lipinski definition) is 1. The largest absolute Gasteiger partial charge is 0.490 e. The van der Waals surface area contributed by atoms with Gasteiger partial charge in [0.15, 0.2) is 17.2 Å². The predicted molar refractivity (Wildman–Crippen MR) is 81.1 cm³/mol. The average Bonchev–Trinajstić information content (AvgIpc) is 2.92. The number of anilines is 2. The van der Waals surface area contributed by atoms with Gasteiger partial charge in [0, 0.05) is 24.2 Å². The Balaban J connectivity index is 1.73. The molecule has 25 heavy (non-hydrogen) atoms. The molecule has 1 aliphatic heterocycles. The molecule has 0 aliphatic carbocycles. The summed E-state index contributed by atoms with van der Waals surface area (Å²) in [7, 11) is 0. The van der Waals surface area contributed by atoms with Crippen LogP contribution in [0.3, 0.4) is 0 Å². The van der Waals surface area contributed by atoms with Crippen LogP contribution in [0.5, 0.6) is 11.5 Å². The topological polar surface area (TPSA) is 73.6 Å². The van der Waals surface area contributed by atoms with Crippen molar-refractivity contribution in [1.29, 1.82) is 0 Å². The van der Waals surface area contributed by atoms with E-state index < -0.39 is 11.9 Å². The summed E-state index contributed by atoms with van der Waals surface area (Å²) in [5.74, 6) is 1.07. The molecule has 3 heterocycles. The molecular formula is C15H12F3N5O2. The Hall–Kier alpha value is -3.04. The fourth-order valence-electron chi connectivity index (χ4n) is 2.44. The molecule has 0 amide bonds. The van der Waals surface area contributed by atoms with E-state index in [0.29, 0.717) is 30.4 Å². The summed E-state index contributed by atoms with van der Waals surface area (Å²) in [4.78, 5) is 7.20. The van der Waals surface area contributed by atoms with E-state index in [-0.39, 0.29) is 11.6 Å². The van der Waals surface area contributed by atoms with Crippen molar-refractivity contribution < 1.29 is 22.6 Å². The molecule has 1 N–H and O–H groups in total. The van der Waals surface area contributed by atoms with Gasteiger partial charge in [-0.15, -0.1) is 0 Å². The molecule has 2 aromatic heterocycles. The number of nitrogens with zero attached hydrogens (tertiary/aromatic N) is 4. The van der Waals surface area contributed by atoms with Crippen LogP contribution < -0.4 is 14.8 Å². The zero-order chi connectivity index (χ0) is 17.4. The van der Waals surface area contributed by atoms with Crippen LogP contribution in [0.2, 0.25) is 0 Å². The van der Waals surface area contributed by atoms with Gasteiger partial charge in [0.2, 0.25) is 0 Å². The standard InChI is InChI=1S/C15H12F3N5O2/c16-15(17,18)12-7-13(23-14(22-12)19-8-20-23)21-9-2-3-10-11(6-9)25-5-1-4-24-10/h2-3,6-8,21H,1,4-5H2. The maximum absolute atomic E-state index is 13.0. The van der Waals surface area contributed by atoms with Crippen molar-refractivity contribution in [2.45, 2.75) is 12.6 Å². The lowest BCUT2D eigenvalue weighted by Crippen LogP contribution is -2.12. The van der Waals surface area contributed by atoms with Crippen molar-refractivity contribution in [2.24, 2.45) is 0 Å². The number of hydrogen-bond acceptors (Lipinski definition) is 6. The van der Waals surface area contributed by atoms with Gasteiger partial charge in [-0.1, -0.05) is 0 Å². The Morgan fingerprint density at radius 1 is 1.08 bits per heavy atom. The second kappa shape index (κ2) is 5.80. The molecule has 1 aromatic carbocycles. The first-order valence-corrected chi connectivity index (χ1v) is 7.45. The van der Waals surface area contributed by atoms with Crippen molar-refractivity contribution in [3.05, 3.63) is 36.3 Å². The molecule has 0 saturated carbocycles. The Labute approximate surface area is 139 Å². The van der Waals surface area contributed by atoms with Gasteiger partial charge in [0.05, 0.1) is 13.2 Å². The first-order valence-electron chi connectivity index (χ1n) is 7.45. The fourth-order valence-corrected chi connectivity index (χ4v) is 2.44. The van der Waals surface area contributed by atoms with E-state index in [0.717, 1.165) is 18.8 Å². The molecule has 1 aliphatic rings. The van der Waals surface area contributed by atoms with Crippen LogP contribution in [-0.4, -0.2) is 32.8 Å². The van der Waals surface area contributed by atoms with Gasteiger partial charge in [-0.05, 0) is 12.1 Å². The highest BCUT2D eigenvalue weighted by Gasteiger charge is 2.34. The number of rotatable bonds is 2. The highest BCUT2D eigenvalue weighted by atomic mass is 19.4. The average molecular weight is 351 g/mol. The molecule has 0 radical (unpaired) electrons. The number of alkyl halides is 3. The van der Waals surface area contributed by atoms with Crippen LogP contribution in [-0.2, 0) is 6.18 Å². The molecule has 10 heteroatoms. The van der Waals surface area contributed by atoms with Gasteiger partial charge in [-0.2, -0.15) is 27.8 Å². The summed E-state index contributed by atoms with van der Waals surface area (Å²) in [6, 6.07) is 5.93. The van der Waals surface area contributed by atoms with Crippen molar-refractivity contribution in [3.63, 3.8) is 0 Å². The Bertz CT molecular complexity index is 925. The first kappa shape index (κ1) is 15.5. The third-order valence-corrected chi connectivity index (χ3v) is 3.56. The summed E-state index contributed by atoms with van der Waals surface area (Å²) in [5, 5.41) is 6.80. The van der Waals surface area contributed by atoms with Crippen LogP contribution in [0.15, 0.2) is 30.6 Å². The Morgan fingerprint density at radius 3 is 2.68 bits per heavy atom. The van der Waals surface area contributed by atoms with Gasteiger partial charge < -0.3 is 14.8 Å². The van der Waals surface area contributed by atoms with Crippen LogP contribution in [0, 0.1) is 0 Å². The first-order chi connectivity index (χ1) is 12.0. The van der Waals surface area contributed by atoms with E-state index >= 15 is 0 Å². The third-order valence-electron chi connectivity index (χ3n) is 3.56. The molecule has 130 valence electrons. The summed E-state index contributed by atoms with van der Waals surface area (Å²) in [6.45, 7) is 1.07. The lowest BCUT2D eigenvalue weighted by molar-refractivity contribution is -0.141. The SMILES string of the molecule is FC(F)(F)c1cc(Nc2ccc3c(c2)OCCCO3)n2ncnc2n1. The minimum Gasteiger partial charge on any atom is -0.490 e. The number of benzene rings is 1. The normalized spacial score (nSPS) is 14.4. The van der Waals surface area contributed by atoms with E-state index in [1.807, 2.05) is 0 Å². The maximum atomic E-state index is 13.0. The third kappa shape index (κ3) is 3.02. The van der Waals surface area contributed by atoms with Crippen molar-refractivity contribution in [1.82, 2.24) is 19.6 Å². The highest BCUT2D eigenvalue weighted by Crippen LogP contribution is 2.34. The molecule has 0 spiro atoms. The number of halogens is 3. The van der Waals surface area contributed by atoms with Gasteiger partial charge in [0.25, 0.3) is 5.78 Å². The number of ether oxygens (including phenoxy) is 2. The van der Waals surface area contributed by atoms with Gasteiger partial charge in [-0.25, -0.2) is 4.98 Å². The number of fused-ring (bicyclic) bond motifs is 2. The van der Waals surface area contributed by atoms with Crippen molar-refractivity contribution in [3.8, 4) is 11.5 Å². The zero-order valence-electron chi connectivity index (χ0n) is 12.7. The number of aromatic nitrogens is 4. The van der Waals surface area contributed by atoms with Gasteiger partial charge in [-0.3, -0.25) is 0 Å². The molecule has 3 aromatic rings. The second-order valence-corrected chi connectivity index (χ2v) is 5.33. The van der Waals surface area contributed by atoms with E-state index in [4.69, 9.17) is 9.47 Å². The molecule has 0 fully saturated rings. The van der Waals surface area contributed by atoms with Crippen LogP contribution in [0.1, 0.15) is 12.1 Å². The molecule has 0 saturated heterocycles. The monoisotopic (exact) mass is 351 g/mol. The quantitative estimate of drug-likeness (QED) is 0.765. The van der Waals surface area contributed by atoms with Crippen molar-refractivity contribution >= 4 is 17.3 Å². The molecule has 0 bridgehead atoms. The smallest absolute Gasteiger partial charge is 0.433 e. The summed E-state index contributed by atoms with van der Waals surface area (Å²) in [6.07, 6.45) is -2.69. The predicted octanol–water partition coefficient (Wildman–Crippen LogP) is 3.05. The fraction of sp³-hybridized carbons (Fsp3) is 0.267. The summed E-state index contributed by atoms with van der Waals surface area (Å²) >= 11 is 0. The minimum absolute atomic E-state index is 0.0873. The lowest BCUT2D eigenvalue weighted by atomic mass is 10.2. The molecular weight excluding hydrogens is 339 g/mol. The Morgan fingerprint density at radius 2 is 1.88 bits per heavy atom. The molecule has 4 rings (SSSR count). The van der Waals surface area contributed by atoms with Crippen molar-refractivity contribution in [2.75, 3.05) is 18.5 Å². The minimum atomic E-state index is -4.59. The van der Waals surface area contributed by atoms with Gasteiger partial charge in [0.1, 0.15) is 12.1 Å². The van der Waals surface area contributed by atoms with E-state index in [1.54, 1.807) is 18.2 Å². The zero-order valence-corrected chi connectivity index (χ0v) is 12.7. The maximum Gasteiger partial charge on any atom is 0.433 e. The molecule has 7 nitrogen and oxygen atoms in total. The van der Waals surface area contributed by atoms with Crippen LogP contribution >= 0.6 is 0 Å². The second-order valence-electron chi connectivity index (χ2n) is 5.33. The number of nitrogens with one attached hydrogen (secondary N) is 1. The summed E-state index contributed by atoms with van der Waals surface area (Å²) < 4.78 is 51.4. The van der Waals surface area contributed by atoms with Gasteiger partial charge >= 0.3 is 6.18 Å². The van der Waals surface area contributed by atoms with E-state index in [1.165, 1.54) is 4.52 Å². The highest BCUT2D eigenvalue weighted by molar-refractivity contribution is 5.63. The van der Waals surface area contributed by atoms with Crippen LogP contribution in [0.25, 0.3) is 5.78 Å². The Kier molecular flexibility index (Phi) is 3.59. The lowest BCUT2D eigenvalue weighted by Gasteiger charge is -2.13.